The largest absolute Gasteiger partial charge is 0.454 e. The molecule has 1 amide bonds. The van der Waals surface area contributed by atoms with Crippen molar-refractivity contribution in [1.82, 2.24) is 4.90 Å². The molecule has 4 rings (SSSR count). The highest BCUT2D eigenvalue weighted by atomic mass is 16.7. The molecule has 3 heterocycles. The van der Waals surface area contributed by atoms with Gasteiger partial charge in [-0.1, -0.05) is 0 Å². The van der Waals surface area contributed by atoms with Crippen LogP contribution in [-0.4, -0.2) is 56.5 Å². The molecule has 6 nitrogen and oxygen atoms in total. The standard InChI is InChI=1S/C17H22N2O4/c20-17(15-2-1-9-21-15)19-7-5-18(6-8-19)11-13-3-4-14-16(10-13)23-12-22-14/h3-4,10,15H,1-2,5-9,11-12H2/p+1. The zero-order valence-electron chi connectivity index (χ0n) is 13.3. The van der Waals surface area contributed by atoms with Crippen molar-refractivity contribution in [3.63, 3.8) is 0 Å². The molecule has 2 saturated heterocycles. The van der Waals surface area contributed by atoms with Crippen LogP contribution in [0.25, 0.3) is 0 Å². The Morgan fingerprint density at radius 3 is 2.83 bits per heavy atom. The lowest BCUT2D eigenvalue weighted by atomic mass is 10.1. The number of benzene rings is 1. The van der Waals surface area contributed by atoms with E-state index in [0.29, 0.717) is 6.79 Å². The Kier molecular flexibility index (Phi) is 4.10. The summed E-state index contributed by atoms with van der Waals surface area (Å²) in [7, 11) is 0. The van der Waals surface area contributed by atoms with Crippen molar-refractivity contribution < 1.29 is 23.9 Å². The normalized spacial score (nSPS) is 24.2. The van der Waals surface area contributed by atoms with E-state index in [1.54, 1.807) is 0 Å². The van der Waals surface area contributed by atoms with E-state index in [2.05, 4.69) is 12.1 Å². The SMILES string of the molecule is O=C(C1CCCO1)N1CC[NH+](Cc2ccc3c(c2)OCO3)CC1. The van der Waals surface area contributed by atoms with Crippen LogP contribution < -0.4 is 14.4 Å². The molecular weight excluding hydrogens is 296 g/mol. The van der Waals surface area contributed by atoms with Crippen LogP contribution in [0.1, 0.15) is 18.4 Å². The average molecular weight is 319 g/mol. The lowest BCUT2D eigenvalue weighted by Crippen LogP contribution is -3.13. The molecule has 1 aromatic carbocycles. The number of hydrogen-bond acceptors (Lipinski definition) is 4. The summed E-state index contributed by atoms with van der Waals surface area (Å²) in [6, 6.07) is 6.15. The van der Waals surface area contributed by atoms with Crippen LogP contribution in [-0.2, 0) is 16.1 Å². The van der Waals surface area contributed by atoms with Crippen LogP contribution in [0.15, 0.2) is 18.2 Å². The van der Waals surface area contributed by atoms with Crippen LogP contribution in [0.3, 0.4) is 0 Å². The molecule has 0 aliphatic carbocycles. The number of amides is 1. The first kappa shape index (κ1) is 14.8. The quantitative estimate of drug-likeness (QED) is 0.840. The van der Waals surface area contributed by atoms with Gasteiger partial charge in [0.1, 0.15) is 12.6 Å². The summed E-state index contributed by atoms with van der Waals surface area (Å²) < 4.78 is 16.3. The van der Waals surface area contributed by atoms with Gasteiger partial charge in [-0.25, -0.2) is 0 Å². The summed E-state index contributed by atoms with van der Waals surface area (Å²) in [5, 5.41) is 0. The molecule has 23 heavy (non-hydrogen) atoms. The van der Waals surface area contributed by atoms with E-state index in [-0.39, 0.29) is 12.0 Å². The predicted octanol–water partition coefficient (Wildman–Crippen LogP) is -0.179. The van der Waals surface area contributed by atoms with Gasteiger partial charge >= 0.3 is 0 Å². The number of quaternary nitrogens is 1. The van der Waals surface area contributed by atoms with Crippen LogP contribution in [0, 0.1) is 0 Å². The van der Waals surface area contributed by atoms with Crippen molar-refractivity contribution in [1.29, 1.82) is 0 Å². The molecule has 1 aromatic rings. The average Bonchev–Trinajstić information content (AvgIpc) is 3.26. The highest BCUT2D eigenvalue weighted by Gasteiger charge is 2.31. The summed E-state index contributed by atoms with van der Waals surface area (Å²) in [4.78, 5) is 15.8. The number of piperazine rings is 1. The molecule has 3 aliphatic rings. The minimum Gasteiger partial charge on any atom is -0.454 e. The lowest BCUT2D eigenvalue weighted by Gasteiger charge is -2.33. The van der Waals surface area contributed by atoms with Crippen molar-refractivity contribution in [2.24, 2.45) is 0 Å². The topological polar surface area (TPSA) is 52.4 Å². The summed E-state index contributed by atoms with van der Waals surface area (Å²) >= 11 is 0. The molecule has 0 spiro atoms. The van der Waals surface area contributed by atoms with Crippen molar-refractivity contribution in [2.45, 2.75) is 25.5 Å². The van der Waals surface area contributed by atoms with Gasteiger partial charge in [-0.3, -0.25) is 4.79 Å². The van der Waals surface area contributed by atoms with Gasteiger partial charge in [0, 0.05) is 12.2 Å². The smallest absolute Gasteiger partial charge is 0.252 e. The number of rotatable bonds is 3. The monoisotopic (exact) mass is 319 g/mol. The molecule has 0 bridgehead atoms. The number of fused-ring (bicyclic) bond motifs is 1. The number of nitrogens with one attached hydrogen (secondary N) is 1. The second kappa shape index (κ2) is 6.37. The number of nitrogens with zero attached hydrogens (tertiary/aromatic N) is 1. The van der Waals surface area contributed by atoms with Crippen molar-refractivity contribution >= 4 is 5.91 Å². The molecule has 0 saturated carbocycles. The van der Waals surface area contributed by atoms with Crippen molar-refractivity contribution in [3.05, 3.63) is 23.8 Å². The summed E-state index contributed by atoms with van der Waals surface area (Å²) in [5.74, 6) is 1.86. The fourth-order valence-electron chi connectivity index (χ4n) is 3.54. The third-order valence-corrected chi connectivity index (χ3v) is 4.88. The number of hydrogen-bond donors (Lipinski definition) is 1. The highest BCUT2D eigenvalue weighted by molar-refractivity contribution is 5.81. The maximum absolute atomic E-state index is 12.4. The number of carbonyl (C=O) groups excluding carboxylic acids is 1. The molecule has 124 valence electrons. The second-order valence-electron chi connectivity index (χ2n) is 6.44. The minimum absolute atomic E-state index is 0.185. The van der Waals surface area contributed by atoms with Gasteiger partial charge in [0.2, 0.25) is 6.79 Å². The van der Waals surface area contributed by atoms with Crippen LogP contribution >= 0.6 is 0 Å². The van der Waals surface area contributed by atoms with Gasteiger partial charge in [0.25, 0.3) is 5.91 Å². The van der Waals surface area contributed by atoms with E-state index < -0.39 is 0 Å². The van der Waals surface area contributed by atoms with Gasteiger partial charge < -0.3 is 24.0 Å². The van der Waals surface area contributed by atoms with E-state index in [0.717, 1.165) is 63.7 Å². The van der Waals surface area contributed by atoms with E-state index in [1.165, 1.54) is 10.5 Å². The maximum atomic E-state index is 12.4. The molecule has 1 N–H and O–H groups in total. The van der Waals surface area contributed by atoms with E-state index in [9.17, 15) is 4.79 Å². The first-order chi connectivity index (χ1) is 11.3. The second-order valence-corrected chi connectivity index (χ2v) is 6.44. The molecule has 6 heteroatoms. The van der Waals surface area contributed by atoms with Gasteiger partial charge in [0.05, 0.1) is 26.2 Å². The fraction of sp³-hybridized carbons (Fsp3) is 0.588. The predicted molar refractivity (Wildman–Crippen MR) is 82.5 cm³/mol. The Morgan fingerprint density at radius 2 is 2.04 bits per heavy atom. The van der Waals surface area contributed by atoms with Crippen molar-refractivity contribution in [2.75, 3.05) is 39.6 Å². The molecule has 2 fully saturated rings. The van der Waals surface area contributed by atoms with Gasteiger partial charge in [-0.05, 0) is 31.0 Å². The summed E-state index contributed by atoms with van der Waals surface area (Å²) in [5.41, 5.74) is 1.25. The Balaban J connectivity index is 1.30. The molecule has 1 atom stereocenters. The third-order valence-electron chi connectivity index (χ3n) is 4.88. The van der Waals surface area contributed by atoms with E-state index in [4.69, 9.17) is 14.2 Å². The summed E-state index contributed by atoms with van der Waals surface area (Å²) in [6.45, 7) is 5.59. The molecule has 0 aromatic heterocycles. The Labute approximate surface area is 135 Å². The number of ether oxygens (including phenoxy) is 3. The van der Waals surface area contributed by atoms with E-state index in [1.807, 2.05) is 11.0 Å². The molecular formula is C17H23N2O4+. The van der Waals surface area contributed by atoms with Gasteiger partial charge in [-0.2, -0.15) is 0 Å². The molecule has 1 unspecified atom stereocenters. The van der Waals surface area contributed by atoms with Gasteiger partial charge in [-0.15, -0.1) is 0 Å². The lowest BCUT2D eigenvalue weighted by molar-refractivity contribution is -0.917. The third kappa shape index (κ3) is 3.14. The Morgan fingerprint density at radius 1 is 1.22 bits per heavy atom. The van der Waals surface area contributed by atoms with Crippen molar-refractivity contribution in [3.8, 4) is 11.5 Å². The number of carbonyl (C=O) groups is 1. The maximum Gasteiger partial charge on any atom is 0.252 e. The van der Waals surface area contributed by atoms with Crippen LogP contribution in [0.4, 0.5) is 0 Å². The first-order valence-electron chi connectivity index (χ1n) is 8.42. The minimum atomic E-state index is -0.189. The van der Waals surface area contributed by atoms with E-state index >= 15 is 0 Å². The Bertz CT molecular complexity index is 578. The first-order valence-corrected chi connectivity index (χ1v) is 8.42. The fourth-order valence-corrected chi connectivity index (χ4v) is 3.54. The summed E-state index contributed by atoms with van der Waals surface area (Å²) in [6.07, 6.45) is 1.69. The highest BCUT2D eigenvalue weighted by Crippen LogP contribution is 2.32. The van der Waals surface area contributed by atoms with Gasteiger partial charge in [0.15, 0.2) is 11.5 Å². The molecule has 3 aliphatic heterocycles. The van der Waals surface area contributed by atoms with Crippen LogP contribution in [0.5, 0.6) is 11.5 Å². The zero-order valence-corrected chi connectivity index (χ0v) is 13.3. The van der Waals surface area contributed by atoms with Crippen LogP contribution in [0.2, 0.25) is 0 Å². The Hall–Kier alpha value is -1.79. The zero-order chi connectivity index (χ0) is 15.6. The molecule has 0 radical (unpaired) electrons.